The fourth-order valence-electron chi connectivity index (χ4n) is 1.46. The van der Waals surface area contributed by atoms with Crippen LogP contribution in [0.25, 0.3) is 11.0 Å². The number of hydrogen-bond acceptors (Lipinski definition) is 2. The van der Waals surface area contributed by atoms with E-state index in [-0.39, 0.29) is 0 Å². The zero-order valence-electron chi connectivity index (χ0n) is 8.60. The molecule has 84 valence electrons. The molecule has 0 fully saturated rings. The van der Waals surface area contributed by atoms with Crippen molar-refractivity contribution in [1.82, 2.24) is 9.97 Å². The van der Waals surface area contributed by atoms with Gasteiger partial charge in [-0.25, -0.2) is 9.97 Å². The lowest BCUT2D eigenvalue weighted by Crippen LogP contribution is -1.95. The highest BCUT2D eigenvalue weighted by atomic mass is 35.5. The Labute approximate surface area is 109 Å². The summed E-state index contributed by atoms with van der Waals surface area (Å²) in [5, 5.41) is 1.38. The molecule has 2 nitrogen and oxygen atoms in total. The predicted molar refractivity (Wildman–Crippen MR) is 68.6 cm³/mol. The molecule has 0 saturated carbocycles. The van der Waals surface area contributed by atoms with Crippen LogP contribution in [0.4, 0.5) is 0 Å². The second kappa shape index (κ2) is 4.74. The van der Waals surface area contributed by atoms with Crippen LogP contribution in [0.3, 0.4) is 0 Å². The van der Waals surface area contributed by atoms with Crippen molar-refractivity contribution in [3.63, 3.8) is 0 Å². The van der Waals surface area contributed by atoms with Gasteiger partial charge in [-0.15, -0.1) is 0 Å². The number of rotatable bonds is 2. The Hall–Kier alpha value is -0.570. The van der Waals surface area contributed by atoms with Crippen molar-refractivity contribution in [3.8, 4) is 0 Å². The zero-order chi connectivity index (χ0) is 11.7. The Bertz CT molecular complexity index is 540. The summed E-state index contributed by atoms with van der Waals surface area (Å²) in [5.41, 5.74) is 2.19. The monoisotopic (exact) mass is 274 g/mol. The molecule has 1 aromatic carbocycles. The van der Waals surface area contributed by atoms with Crippen LogP contribution in [0.1, 0.15) is 19.0 Å². The van der Waals surface area contributed by atoms with Crippen LogP contribution in [0.2, 0.25) is 15.2 Å². The summed E-state index contributed by atoms with van der Waals surface area (Å²) in [6.45, 7) is 2.07. The van der Waals surface area contributed by atoms with Crippen molar-refractivity contribution >= 4 is 45.8 Å². The standard InChI is InChI=1S/C11H9Cl3N2/c1-2-3-8-11(14)16-10-5-7(13)6(12)4-9(10)15-8/h4-5H,2-3H2,1H3. The first-order valence-corrected chi connectivity index (χ1v) is 6.06. The summed E-state index contributed by atoms with van der Waals surface area (Å²) in [6.07, 6.45) is 1.78. The van der Waals surface area contributed by atoms with Gasteiger partial charge in [0.2, 0.25) is 0 Å². The van der Waals surface area contributed by atoms with Gasteiger partial charge in [0.25, 0.3) is 0 Å². The van der Waals surface area contributed by atoms with Gasteiger partial charge in [0.15, 0.2) is 5.15 Å². The lowest BCUT2D eigenvalue weighted by molar-refractivity contribution is 0.882. The molecular weight excluding hydrogens is 266 g/mol. The van der Waals surface area contributed by atoms with Gasteiger partial charge in [0.05, 0.1) is 26.8 Å². The Kier molecular flexibility index (Phi) is 3.53. The second-order valence-corrected chi connectivity index (χ2v) is 4.64. The van der Waals surface area contributed by atoms with Gasteiger partial charge >= 0.3 is 0 Å². The number of benzene rings is 1. The van der Waals surface area contributed by atoms with Gasteiger partial charge in [0, 0.05) is 0 Å². The molecule has 0 unspecified atom stereocenters. The molecule has 2 aromatic rings. The number of hydrogen-bond donors (Lipinski definition) is 0. The molecule has 0 spiro atoms. The van der Waals surface area contributed by atoms with E-state index < -0.39 is 0 Å². The van der Waals surface area contributed by atoms with Crippen molar-refractivity contribution < 1.29 is 0 Å². The second-order valence-electron chi connectivity index (χ2n) is 3.47. The van der Waals surface area contributed by atoms with Crippen LogP contribution < -0.4 is 0 Å². The highest BCUT2D eigenvalue weighted by molar-refractivity contribution is 6.42. The molecule has 0 aliphatic carbocycles. The third-order valence-electron chi connectivity index (χ3n) is 2.22. The molecule has 0 N–H and O–H groups in total. The van der Waals surface area contributed by atoms with Crippen molar-refractivity contribution in [1.29, 1.82) is 0 Å². The van der Waals surface area contributed by atoms with E-state index >= 15 is 0 Å². The fourth-order valence-corrected chi connectivity index (χ4v) is 2.01. The maximum absolute atomic E-state index is 6.02. The average Bonchev–Trinajstić information content (AvgIpc) is 2.23. The molecule has 2 rings (SSSR count). The minimum Gasteiger partial charge on any atom is -0.248 e. The molecule has 0 aliphatic rings. The van der Waals surface area contributed by atoms with Crippen LogP contribution in [0, 0.1) is 0 Å². The van der Waals surface area contributed by atoms with E-state index in [0.29, 0.717) is 20.7 Å². The van der Waals surface area contributed by atoms with Crippen molar-refractivity contribution in [2.45, 2.75) is 19.8 Å². The van der Waals surface area contributed by atoms with E-state index in [2.05, 4.69) is 16.9 Å². The largest absolute Gasteiger partial charge is 0.248 e. The smallest absolute Gasteiger partial charge is 0.151 e. The van der Waals surface area contributed by atoms with Crippen LogP contribution in [-0.2, 0) is 6.42 Å². The van der Waals surface area contributed by atoms with Gasteiger partial charge in [-0.1, -0.05) is 48.1 Å². The summed E-state index contributed by atoms with van der Waals surface area (Å²) in [4.78, 5) is 8.68. The van der Waals surface area contributed by atoms with Crippen molar-refractivity contribution in [3.05, 3.63) is 33.0 Å². The van der Waals surface area contributed by atoms with Crippen molar-refractivity contribution in [2.24, 2.45) is 0 Å². The Morgan fingerprint density at radius 2 is 1.56 bits per heavy atom. The van der Waals surface area contributed by atoms with Crippen LogP contribution in [-0.4, -0.2) is 9.97 Å². The van der Waals surface area contributed by atoms with Gasteiger partial charge in [-0.05, 0) is 18.6 Å². The summed E-state index contributed by atoms with van der Waals surface area (Å²) in [5.74, 6) is 0. The summed E-state index contributed by atoms with van der Waals surface area (Å²) in [6, 6.07) is 3.38. The maximum Gasteiger partial charge on any atom is 0.151 e. The third-order valence-corrected chi connectivity index (χ3v) is 3.24. The molecular formula is C11H9Cl3N2. The predicted octanol–water partition coefficient (Wildman–Crippen LogP) is 4.54. The molecule has 1 aromatic heterocycles. The SMILES string of the molecule is CCCc1nc2cc(Cl)c(Cl)cc2nc1Cl. The molecule has 0 bridgehead atoms. The number of halogens is 3. The first-order chi connectivity index (χ1) is 7.61. The van der Waals surface area contributed by atoms with Gasteiger partial charge in [-0.2, -0.15) is 0 Å². The maximum atomic E-state index is 6.02. The van der Waals surface area contributed by atoms with Gasteiger partial charge in [0.1, 0.15) is 0 Å². The van der Waals surface area contributed by atoms with Crippen LogP contribution >= 0.6 is 34.8 Å². The number of aryl methyl sites for hydroxylation is 1. The molecule has 5 heteroatoms. The summed E-state index contributed by atoms with van der Waals surface area (Å²) >= 11 is 17.8. The van der Waals surface area contributed by atoms with E-state index in [1.54, 1.807) is 12.1 Å². The number of aromatic nitrogens is 2. The van der Waals surface area contributed by atoms with E-state index in [0.717, 1.165) is 24.1 Å². The van der Waals surface area contributed by atoms with Crippen LogP contribution in [0.5, 0.6) is 0 Å². The van der Waals surface area contributed by atoms with Crippen LogP contribution in [0.15, 0.2) is 12.1 Å². The minimum absolute atomic E-state index is 0.438. The van der Waals surface area contributed by atoms with Crippen molar-refractivity contribution in [2.75, 3.05) is 0 Å². The van der Waals surface area contributed by atoms with Gasteiger partial charge in [-0.3, -0.25) is 0 Å². The van der Waals surface area contributed by atoms with E-state index in [1.165, 1.54) is 0 Å². The molecule has 16 heavy (non-hydrogen) atoms. The normalized spacial score (nSPS) is 11.0. The third kappa shape index (κ3) is 2.24. The Morgan fingerprint density at radius 1 is 1.00 bits per heavy atom. The Balaban J connectivity index is 2.65. The molecule has 0 atom stereocenters. The van der Waals surface area contributed by atoms with E-state index in [1.807, 2.05) is 0 Å². The average molecular weight is 276 g/mol. The summed E-state index contributed by atoms with van der Waals surface area (Å²) in [7, 11) is 0. The quantitative estimate of drug-likeness (QED) is 0.804. The van der Waals surface area contributed by atoms with E-state index in [4.69, 9.17) is 34.8 Å². The first-order valence-electron chi connectivity index (χ1n) is 4.93. The van der Waals surface area contributed by atoms with E-state index in [9.17, 15) is 0 Å². The minimum atomic E-state index is 0.438. The number of nitrogens with zero attached hydrogens (tertiary/aromatic N) is 2. The topological polar surface area (TPSA) is 25.8 Å². The fraction of sp³-hybridized carbons (Fsp3) is 0.273. The molecule has 0 amide bonds. The first kappa shape index (κ1) is 11.9. The molecule has 0 radical (unpaired) electrons. The summed E-state index contributed by atoms with van der Waals surface area (Å²) < 4.78 is 0. The zero-order valence-corrected chi connectivity index (χ0v) is 10.9. The Morgan fingerprint density at radius 3 is 2.12 bits per heavy atom. The molecule has 0 saturated heterocycles. The molecule has 1 heterocycles. The lowest BCUT2D eigenvalue weighted by Gasteiger charge is -2.05. The number of fused-ring (bicyclic) bond motifs is 1. The lowest BCUT2D eigenvalue weighted by atomic mass is 10.2. The van der Waals surface area contributed by atoms with Gasteiger partial charge < -0.3 is 0 Å². The highest BCUT2D eigenvalue weighted by Gasteiger charge is 2.08. The highest BCUT2D eigenvalue weighted by Crippen LogP contribution is 2.27. The molecule has 0 aliphatic heterocycles.